The third-order valence-corrected chi connectivity index (χ3v) is 5.37. The number of fused-ring (bicyclic) bond motifs is 2. The van der Waals surface area contributed by atoms with Crippen molar-refractivity contribution in [1.29, 1.82) is 0 Å². The van der Waals surface area contributed by atoms with Crippen LogP contribution in [0.25, 0.3) is 16.7 Å². The van der Waals surface area contributed by atoms with Gasteiger partial charge in [0.15, 0.2) is 5.65 Å². The van der Waals surface area contributed by atoms with Gasteiger partial charge in [-0.2, -0.15) is 5.10 Å². The molecule has 31 heavy (non-hydrogen) atoms. The molecule has 1 aliphatic heterocycles. The molecule has 5 rings (SSSR count). The number of amides is 2. The third kappa shape index (κ3) is 3.16. The number of hydrogen-bond donors (Lipinski definition) is 2. The van der Waals surface area contributed by atoms with Gasteiger partial charge < -0.3 is 15.2 Å². The highest BCUT2D eigenvalue weighted by molar-refractivity contribution is 6.06. The molecule has 0 saturated carbocycles. The minimum absolute atomic E-state index is 0.0104. The van der Waals surface area contributed by atoms with Gasteiger partial charge in [0.05, 0.1) is 23.9 Å². The second kappa shape index (κ2) is 7.21. The van der Waals surface area contributed by atoms with Crippen molar-refractivity contribution < 1.29 is 9.59 Å². The average Bonchev–Trinajstić information content (AvgIpc) is 3.39. The van der Waals surface area contributed by atoms with E-state index >= 15 is 0 Å². The smallest absolute Gasteiger partial charge is 0.261 e. The van der Waals surface area contributed by atoms with E-state index in [1.807, 2.05) is 18.2 Å². The van der Waals surface area contributed by atoms with E-state index in [1.165, 1.54) is 24.1 Å². The first-order chi connectivity index (χ1) is 15.0. The molecular weight excluding hydrogens is 396 g/mol. The van der Waals surface area contributed by atoms with Crippen molar-refractivity contribution in [3.8, 4) is 5.69 Å². The lowest BCUT2D eigenvalue weighted by Crippen LogP contribution is -2.25. The zero-order valence-corrected chi connectivity index (χ0v) is 16.6. The van der Waals surface area contributed by atoms with Gasteiger partial charge in [-0.05, 0) is 42.3 Å². The number of carbonyl (C=O) groups is 2. The SMILES string of the molecule is CC(=O)N1CCc2cc(C(=O)Nc3ccccc3-n3ncc4c(=O)[nH]cnc43)ccc21. The molecule has 2 amide bonds. The largest absolute Gasteiger partial charge is 0.320 e. The van der Waals surface area contributed by atoms with Crippen LogP contribution in [0.2, 0.25) is 0 Å². The van der Waals surface area contributed by atoms with Crippen LogP contribution < -0.4 is 15.8 Å². The highest BCUT2D eigenvalue weighted by Gasteiger charge is 2.23. The van der Waals surface area contributed by atoms with Gasteiger partial charge >= 0.3 is 0 Å². The summed E-state index contributed by atoms with van der Waals surface area (Å²) in [5.41, 5.74) is 3.56. The van der Waals surface area contributed by atoms with Crippen molar-refractivity contribution in [1.82, 2.24) is 19.7 Å². The highest BCUT2D eigenvalue weighted by atomic mass is 16.2. The van der Waals surface area contributed by atoms with E-state index in [0.29, 0.717) is 40.9 Å². The predicted octanol–water partition coefficient (Wildman–Crippen LogP) is 2.27. The van der Waals surface area contributed by atoms with Gasteiger partial charge in [0, 0.05) is 24.7 Å². The standard InChI is InChI=1S/C22H18N6O3/c1-13(29)27-9-8-14-10-15(6-7-18(14)27)21(30)26-17-4-2-3-5-19(17)28-20-16(11-25-28)22(31)24-12-23-20/h2-7,10-12H,8-9H2,1H3,(H,26,30)(H,23,24,31). The Hall–Kier alpha value is -4.27. The molecule has 0 aliphatic carbocycles. The number of carbonyl (C=O) groups excluding carboxylic acids is 2. The van der Waals surface area contributed by atoms with Crippen LogP contribution in [-0.4, -0.2) is 38.1 Å². The summed E-state index contributed by atoms with van der Waals surface area (Å²) in [5, 5.41) is 7.57. The Morgan fingerprint density at radius 1 is 1.13 bits per heavy atom. The van der Waals surface area contributed by atoms with Crippen molar-refractivity contribution in [2.45, 2.75) is 13.3 Å². The van der Waals surface area contributed by atoms with Crippen LogP contribution in [0.15, 0.2) is 59.8 Å². The van der Waals surface area contributed by atoms with Gasteiger partial charge in [0.1, 0.15) is 5.39 Å². The van der Waals surface area contributed by atoms with Crippen molar-refractivity contribution in [3.05, 3.63) is 76.5 Å². The molecule has 0 atom stereocenters. The van der Waals surface area contributed by atoms with E-state index in [4.69, 9.17) is 0 Å². The summed E-state index contributed by atoms with van der Waals surface area (Å²) in [6.45, 7) is 2.16. The lowest BCUT2D eigenvalue weighted by molar-refractivity contribution is -0.116. The van der Waals surface area contributed by atoms with Crippen LogP contribution in [0.3, 0.4) is 0 Å². The number of nitrogens with zero attached hydrogens (tertiary/aromatic N) is 4. The van der Waals surface area contributed by atoms with E-state index in [9.17, 15) is 14.4 Å². The number of aromatic amines is 1. The van der Waals surface area contributed by atoms with Crippen LogP contribution in [0.4, 0.5) is 11.4 Å². The normalized spacial score (nSPS) is 12.7. The maximum Gasteiger partial charge on any atom is 0.261 e. The average molecular weight is 414 g/mol. The van der Waals surface area contributed by atoms with Crippen molar-refractivity contribution >= 4 is 34.2 Å². The molecule has 3 heterocycles. The molecule has 154 valence electrons. The number of benzene rings is 2. The van der Waals surface area contributed by atoms with Crippen LogP contribution in [0.5, 0.6) is 0 Å². The highest BCUT2D eigenvalue weighted by Crippen LogP contribution is 2.29. The third-order valence-electron chi connectivity index (χ3n) is 5.37. The van der Waals surface area contributed by atoms with E-state index in [-0.39, 0.29) is 17.4 Å². The number of hydrogen-bond acceptors (Lipinski definition) is 5. The topological polar surface area (TPSA) is 113 Å². The first kappa shape index (κ1) is 18.7. The quantitative estimate of drug-likeness (QED) is 0.534. The fraction of sp³-hybridized carbons (Fsp3) is 0.136. The molecule has 1 aliphatic rings. The van der Waals surface area contributed by atoms with Gasteiger partial charge in [0.2, 0.25) is 5.91 Å². The fourth-order valence-corrected chi connectivity index (χ4v) is 3.86. The zero-order chi connectivity index (χ0) is 21.5. The molecule has 0 unspecified atom stereocenters. The maximum atomic E-state index is 13.0. The Bertz CT molecular complexity index is 1400. The number of anilines is 2. The first-order valence-electron chi connectivity index (χ1n) is 9.76. The molecular formula is C22H18N6O3. The Balaban J connectivity index is 1.48. The van der Waals surface area contributed by atoms with Crippen LogP contribution in [-0.2, 0) is 11.2 Å². The van der Waals surface area contributed by atoms with E-state index in [2.05, 4.69) is 20.4 Å². The second-order valence-electron chi connectivity index (χ2n) is 7.26. The van der Waals surface area contributed by atoms with Gasteiger partial charge in [-0.15, -0.1) is 0 Å². The van der Waals surface area contributed by atoms with Crippen LogP contribution in [0.1, 0.15) is 22.8 Å². The molecule has 0 radical (unpaired) electrons. The minimum atomic E-state index is -0.282. The Labute approximate surface area is 176 Å². The number of para-hydroxylation sites is 2. The molecule has 4 aromatic rings. The Morgan fingerprint density at radius 2 is 1.97 bits per heavy atom. The molecule has 9 heteroatoms. The van der Waals surface area contributed by atoms with E-state index in [0.717, 1.165) is 11.3 Å². The summed E-state index contributed by atoms with van der Waals surface area (Å²) in [6.07, 6.45) is 3.48. The van der Waals surface area contributed by atoms with Crippen molar-refractivity contribution in [3.63, 3.8) is 0 Å². The Kier molecular flexibility index (Phi) is 4.36. The van der Waals surface area contributed by atoms with E-state index < -0.39 is 0 Å². The maximum absolute atomic E-state index is 13.0. The summed E-state index contributed by atoms with van der Waals surface area (Å²) >= 11 is 0. The van der Waals surface area contributed by atoms with Gasteiger partial charge in [-0.3, -0.25) is 14.4 Å². The molecule has 0 spiro atoms. The molecule has 0 bridgehead atoms. The first-order valence-corrected chi connectivity index (χ1v) is 9.76. The predicted molar refractivity (Wildman–Crippen MR) is 116 cm³/mol. The van der Waals surface area contributed by atoms with Gasteiger partial charge in [0.25, 0.3) is 11.5 Å². The summed E-state index contributed by atoms with van der Waals surface area (Å²) in [6, 6.07) is 12.5. The summed E-state index contributed by atoms with van der Waals surface area (Å²) < 4.78 is 1.52. The molecule has 2 aromatic carbocycles. The number of aromatic nitrogens is 4. The molecule has 9 nitrogen and oxygen atoms in total. The summed E-state index contributed by atoms with van der Waals surface area (Å²) in [4.78, 5) is 45.2. The number of nitrogens with one attached hydrogen (secondary N) is 2. The molecule has 0 fully saturated rings. The summed E-state index contributed by atoms with van der Waals surface area (Å²) in [5.74, 6) is -0.289. The van der Waals surface area contributed by atoms with Crippen molar-refractivity contribution in [2.24, 2.45) is 0 Å². The van der Waals surface area contributed by atoms with Crippen LogP contribution in [0, 0.1) is 0 Å². The molecule has 2 N–H and O–H groups in total. The monoisotopic (exact) mass is 414 g/mol. The number of H-pyrrole nitrogens is 1. The molecule has 2 aromatic heterocycles. The lowest BCUT2D eigenvalue weighted by atomic mass is 10.1. The second-order valence-corrected chi connectivity index (χ2v) is 7.26. The van der Waals surface area contributed by atoms with E-state index in [1.54, 1.807) is 29.2 Å². The summed E-state index contributed by atoms with van der Waals surface area (Å²) in [7, 11) is 0. The van der Waals surface area contributed by atoms with Crippen molar-refractivity contribution in [2.75, 3.05) is 16.8 Å². The number of rotatable bonds is 3. The van der Waals surface area contributed by atoms with Gasteiger partial charge in [-0.25, -0.2) is 9.67 Å². The van der Waals surface area contributed by atoms with Gasteiger partial charge in [-0.1, -0.05) is 12.1 Å². The molecule has 0 saturated heterocycles. The fourth-order valence-electron chi connectivity index (χ4n) is 3.86. The van der Waals surface area contributed by atoms with Crippen LogP contribution >= 0.6 is 0 Å². The minimum Gasteiger partial charge on any atom is -0.320 e. The lowest BCUT2D eigenvalue weighted by Gasteiger charge is -2.15. The zero-order valence-electron chi connectivity index (χ0n) is 16.6. The Morgan fingerprint density at radius 3 is 2.81 bits per heavy atom.